The second-order valence-corrected chi connectivity index (χ2v) is 4.77. The zero-order chi connectivity index (χ0) is 15.1. The number of nitro benzene ring substituents is 1. The van der Waals surface area contributed by atoms with Gasteiger partial charge in [-0.05, 0) is 31.7 Å². The molecule has 0 unspecified atom stereocenters. The first-order valence-corrected chi connectivity index (χ1v) is 6.58. The van der Waals surface area contributed by atoms with Gasteiger partial charge in [-0.3, -0.25) is 14.9 Å². The highest BCUT2D eigenvalue weighted by molar-refractivity contribution is 5.96. The van der Waals surface area contributed by atoms with Crippen molar-refractivity contribution in [3.05, 3.63) is 39.4 Å². The third-order valence-electron chi connectivity index (χ3n) is 3.16. The summed E-state index contributed by atoms with van der Waals surface area (Å²) in [6, 6.07) is 4.31. The molecule has 1 amide bonds. The number of nitro groups is 1. The number of carbonyl (C=O) groups excluding carboxylic acids is 1. The lowest BCUT2D eigenvalue weighted by Gasteiger charge is -2.18. The highest BCUT2D eigenvalue weighted by Crippen LogP contribution is 2.18. The number of carbonyl (C=O) groups is 1. The summed E-state index contributed by atoms with van der Waals surface area (Å²) in [5.74, 6) is -0.213. The maximum absolute atomic E-state index is 12.3. The number of benzene rings is 1. The van der Waals surface area contributed by atoms with Crippen molar-refractivity contribution in [2.24, 2.45) is 0 Å². The van der Waals surface area contributed by atoms with Gasteiger partial charge in [0.05, 0.1) is 4.92 Å². The van der Waals surface area contributed by atoms with Crippen molar-refractivity contribution < 1.29 is 14.8 Å². The zero-order valence-electron chi connectivity index (χ0n) is 11.8. The third kappa shape index (κ3) is 4.31. The summed E-state index contributed by atoms with van der Waals surface area (Å²) in [5.41, 5.74) is 1.01. The van der Waals surface area contributed by atoms with Gasteiger partial charge in [0.15, 0.2) is 0 Å². The number of amides is 1. The minimum atomic E-state index is -0.503. The Kier molecular flexibility index (Phi) is 6.11. The molecule has 0 radical (unpaired) electrons. The summed E-state index contributed by atoms with van der Waals surface area (Å²) in [6.45, 7) is 2.49. The Hall–Kier alpha value is -1.95. The molecule has 0 heterocycles. The van der Waals surface area contributed by atoms with Gasteiger partial charge in [0.25, 0.3) is 11.6 Å². The van der Waals surface area contributed by atoms with Gasteiger partial charge in [-0.1, -0.05) is 6.07 Å². The third-order valence-corrected chi connectivity index (χ3v) is 3.16. The average molecular weight is 280 g/mol. The average Bonchev–Trinajstić information content (AvgIpc) is 2.42. The molecule has 0 fully saturated rings. The van der Waals surface area contributed by atoms with Crippen LogP contribution in [-0.2, 0) is 0 Å². The molecule has 0 aliphatic heterocycles. The molecule has 6 nitrogen and oxygen atoms in total. The summed E-state index contributed by atoms with van der Waals surface area (Å²) in [6.07, 6.45) is 2.37. The zero-order valence-corrected chi connectivity index (χ0v) is 11.8. The Labute approximate surface area is 118 Å². The summed E-state index contributed by atoms with van der Waals surface area (Å²) >= 11 is 0. The minimum Gasteiger partial charge on any atom is -0.396 e. The fraction of sp³-hybridized carbons (Fsp3) is 0.500. The fourth-order valence-electron chi connectivity index (χ4n) is 1.90. The molecule has 0 aliphatic carbocycles. The van der Waals surface area contributed by atoms with Crippen LogP contribution in [-0.4, -0.2) is 41.0 Å². The Morgan fingerprint density at radius 3 is 2.65 bits per heavy atom. The highest BCUT2D eigenvalue weighted by Gasteiger charge is 2.17. The van der Waals surface area contributed by atoms with Crippen molar-refractivity contribution in [2.75, 3.05) is 20.2 Å². The van der Waals surface area contributed by atoms with E-state index in [0.29, 0.717) is 12.1 Å². The van der Waals surface area contributed by atoms with Crippen molar-refractivity contribution in [3.63, 3.8) is 0 Å². The van der Waals surface area contributed by atoms with Gasteiger partial charge in [-0.15, -0.1) is 0 Å². The van der Waals surface area contributed by atoms with Crippen molar-refractivity contribution in [2.45, 2.75) is 26.2 Å². The molecule has 0 atom stereocenters. The molecule has 0 aliphatic rings. The van der Waals surface area contributed by atoms with Crippen LogP contribution < -0.4 is 0 Å². The molecule has 1 N–H and O–H groups in total. The van der Waals surface area contributed by atoms with Crippen molar-refractivity contribution >= 4 is 11.6 Å². The number of nitrogens with zero attached hydrogens (tertiary/aromatic N) is 2. The predicted octanol–water partition coefficient (Wildman–Crippen LogP) is 2.14. The van der Waals surface area contributed by atoms with Crippen LogP contribution in [0.2, 0.25) is 0 Å². The Morgan fingerprint density at radius 2 is 2.05 bits per heavy atom. The van der Waals surface area contributed by atoms with E-state index in [9.17, 15) is 14.9 Å². The van der Waals surface area contributed by atoms with Crippen molar-refractivity contribution in [1.82, 2.24) is 4.90 Å². The Bertz CT molecular complexity index is 488. The van der Waals surface area contributed by atoms with Crippen LogP contribution in [0.4, 0.5) is 5.69 Å². The molecule has 0 aromatic heterocycles. The molecule has 0 saturated carbocycles. The van der Waals surface area contributed by atoms with Gasteiger partial charge in [0.1, 0.15) is 0 Å². The number of aryl methyl sites for hydroxylation is 1. The van der Waals surface area contributed by atoms with Crippen LogP contribution in [0.1, 0.15) is 35.2 Å². The molecule has 1 rings (SSSR count). The summed E-state index contributed by atoms with van der Waals surface area (Å²) in [4.78, 5) is 24.1. The molecular weight excluding hydrogens is 260 g/mol. The second kappa shape index (κ2) is 7.59. The van der Waals surface area contributed by atoms with E-state index in [1.165, 1.54) is 12.1 Å². The lowest BCUT2D eigenvalue weighted by atomic mass is 10.1. The van der Waals surface area contributed by atoms with E-state index in [1.54, 1.807) is 24.9 Å². The molecule has 20 heavy (non-hydrogen) atoms. The molecular formula is C14H20N2O4. The first-order chi connectivity index (χ1) is 9.47. The first kappa shape index (κ1) is 16.1. The first-order valence-electron chi connectivity index (χ1n) is 6.58. The van der Waals surface area contributed by atoms with E-state index in [2.05, 4.69) is 0 Å². The molecule has 1 aromatic carbocycles. The van der Waals surface area contributed by atoms with Crippen LogP contribution in [0, 0.1) is 17.0 Å². The highest BCUT2D eigenvalue weighted by atomic mass is 16.6. The number of hydrogen-bond donors (Lipinski definition) is 1. The van der Waals surface area contributed by atoms with E-state index in [-0.39, 0.29) is 18.2 Å². The number of non-ortho nitro benzene ring substituents is 1. The monoisotopic (exact) mass is 280 g/mol. The van der Waals surface area contributed by atoms with E-state index in [0.717, 1.165) is 24.8 Å². The van der Waals surface area contributed by atoms with Gasteiger partial charge < -0.3 is 10.0 Å². The largest absolute Gasteiger partial charge is 0.396 e. The van der Waals surface area contributed by atoms with E-state index >= 15 is 0 Å². The maximum atomic E-state index is 12.3. The lowest BCUT2D eigenvalue weighted by Crippen LogP contribution is -2.28. The molecule has 0 saturated heterocycles. The Balaban J connectivity index is 2.75. The summed E-state index contributed by atoms with van der Waals surface area (Å²) in [5, 5.41) is 19.5. The van der Waals surface area contributed by atoms with Gasteiger partial charge in [0.2, 0.25) is 0 Å². The van der Waals surface area contributed by atoms with Gasteiger partial charge in [0, 0.05) is 37.9 Å². The molecule has 0 spiro atoms. The number of unbranched alkanes of at least 4 members (excludes halogenated alkanes) is 2. The number of aliphatic hydroxyl groups excluding tert-OH is 1. The Morgan fingerprint density at radius 1 is 1.35 bits per heavy atom. The van der Waals surface area contributed by atoms with Crippen LogP contribution in [0.5, 0.6) is 0 Å². The fourth-order valence-corrected chi connectivity index (χ4v) is 1.90. The normalized spacial score (nSPS) is 10.3. The molecule has 110 valence electrons. The van der Waals surface area contributed by atoms with Crippen LogP contribution in [0.25, 0.3) is 0 Å². The van der Waals surface area contributed by atoms with Crippen molar-refractivity contribution in [1.29, 1.82) is 0 Å². The summed E-state index contributed by atoms with van der Waals surface area (Å²) < 4.78 is 0. The van der Waals surface area contributed by atoms with Crippen molar-refractivity contribution in [3.8, 4) is 0 Å². The van der Waals surface area contributed by atoms with Gasteiger partial charge >= 0.3 is 0 Å². The molecule has 0 bridgehead atoms. The SMILES string of the molecule is Cc1ccc([N+](=O)[O-])cc1C(=O)N(C)CCCCCO. The van der Waals surface area contributed by atoms with Crippen LogP contribution in [0.3, 0.4) is 0 Å². The van der Waals surface area contributed by atoms with Crippen LogP contribution in [0.15, 0.2) is 18.2 Å². The van der Waals surface area contributed by atoms with Gasteiger partial charge in [-0.25, -0.2) is 0 Å². The predicted molar refractivity (Wildman–Crippen MR) is 75.7 cm³/mol. The number of rotatable bonds is 7. The number of hydrogen-bond acceptors (Lipinski definition) is 4. The van der Waals surface area contributed by atoms with Gasteiger partial charge in [-0.2, -0.15) is 0 Å². The standard InChI is InChI=1S/C14H20N2O4/c1-11-6-7-12(16(19)20)10-13(11)14(18)15(2)8-4-3-5-9-17/h6-7,10,17H,3-5,8-9H2,1-2H3. The smallest absolute Gasteiger partial charge is 0.270 e. The van der Waals surface area contributed by atoms with E-state index in [4.69, 9.17) is 5.11 Å². The quantitative estimate of drug-likeness (QED) is 0.471. The molecule has 6 heteroatoms. The van der Waals surface area contributed by atoms with E-state index < -0.39 is 4.92 Å². The summed E-state index contributed by atoms with van der Waals surface area (Å²) in [7, 11) is 1.68. The van der Waals surface area contributed by atoms with E-state index in [1.807, 2.05) is 0 Å². The topological polar surface area (TPSA) is 83.7 Å². The second-order valence-electron chi connectivity index (χ2n) is 4.77. The van der Waals surface area contributed by atoms with Crippen LogP contribution >= 0.6 is 0 Å². The minimum absolute atomic E-state index is 0.0763. The number of aliphatic hydroxyl groups is 1. The maximum Gasteiger partial charge on any atom is 0.270 e. The molecule has 1 aromatic rings. The lowest BCUT2D eigenvalue weighted by molar-refractivity contribution is -0.384.